The third kappa shape index (κ3) is 3.80. The van der Waals surface area contributed by atoms with Gasteiger partial charge in [0, 0.05) is 10.7 Å². The van der Waals surface area contributed by atoms with Gasteiger partial charge in [0.15, 0.2) is 0 Å². The fourth-order valence-electron chi connectivity index (χ4n) is 2.68. The Bertz CT molecular complexity index is 489. The molecule has 0 radical (unpaired) electrons. The van der Waals surface area contributed by atoms with E-state index in [9.17, 15) is 0 Å². The summed E-state index contributed by atoms with van der Waals surface area (Å²) < 4.78 is 1.46. The molecule has 104 valence electrons. The average Bonchev–Trinajstić information content (AvgIpc) is 2.90. The molecule has 2 rings (SSSR count). The molecule has 0 aliphatic carbocycles. The molecular formula is C17H25NS. The van der Waals surface area contributed by atoms with Gasteiger partial charge in [-0.1, -0.05) is 57.7 Å². The third-order valence-electron chi connectivity index (χ3n) is 3.68. The molecule has 0 saturated carbocycles. The quantitative estimate of drug-likeness (QED) is 0.625. The lowest BCUT2D eigenvalue weighted by atomic mass is 9.99. The average molecular weight is 275 g/mol. The Hall–Kier alpha value is -0.860. The fraction of sp³-hybridized carbons (Fsp3) is 0.529. The Morgan fingerprint density at radius 2 is 2.00 bits per heavy atom. The van der Waals surface area contributed by atoms with Crippen molar-refractivity contribution in [3.05, 3.63) is 35.2 Å². The predicted molar refractivity (Wildman–Crippen MR) is 87.0 cm³/mol. The van der Waals surface area contributed by atoms with Gasteiger partial charge in [0.05, 0.1) is 0 Å². The van der Waals surface area contributed by atoms with E-state index in [0.717, 1.165) is 6.54 Å². The van der Waals surface area contributed by atoms with Crippen molar-refractivity contribution in [1.82, 2.24) is 5.32 Å². The van der Waals surface area contributed by atoms with E-state index in [1.165, 1.54) is 47.8 Å². The van der Waals surface area contributed by atoms with Gasteiger partial charge in [-0.05, 0) is 35.4 Å². The molecule has 1 N–H and O–H groups in total. The third-order valence-corrected chi connectivity index (χ3v) is 4.66. The summed E-state index contributed by atoms with van der Waals surface area (Å²) in [5, 5.41) is 7.25. The first-order valence-electron chi connectivity index (χ1n) is 7.56. The standard InChI is InChI=1S/C17H25NS/c1-3-5-6-7-11-16(18-4-2)15-10-8-9-14-12-13-19-17(14)15/h8-10,12-13,16,18H,3-7,11H2,1-2H3. The molecule has 0 saturated heterocycles. The summed E-state index contributed by atoms with van der Waals surface area (Å²) in [6, 6.07) is 9.45. The van der Waals surface area contributed by atoms with Crippen LogP contribution in [0.5, 0.6) is 0 Å². The lowest BCUT2D eigenvalue weighted by Gasteiger charge is -2.19. The Kier molecular flexibility index (Phi) is 5.87. The van der Waals surface area contributed by atoms with Gasteiger partial charge in [-0.25, -0.2) is 0 Å². The highest BCUT2D eigenvalue weighted by atomic mass is 32.1. The molecular weight excluding hydrogens is 250 g/mol. The summed E-state index contributed by atoms with van der Waals surface area (Å²) in [5.74, 6) is 0. The van der Waals surface area contributed by atoms with Crippen LogP contribution in [0.2, 0.25) is 0 Å². The maximum atomic E-state index is 3.66. The number of nitrogens with one attached hydrogen (secondary N) is 1. The number of hydrogen-bond acceptors (Lipinski definition) is 2. The van der Waals surface area contributed by atoms with Crippen LogP contribution in [-0.2, 0) is 0 Å². The molecule has 1 nitrogen and oxygen atoms in total. The van der Waals surface area contributed by atoms with Gasteiger partial charge in [0.1, 0.15) is 0 Å². The highest BCUT2D eigenvalue weighted by Crippen LogP contribution is 2.31. The van der Waals surface area contributed by atoms with E-state index >= 15 is 0 Å². The van der Waals surface area contributed by atoms with Crippen molar-refractivity contribution in [2.24, 2.45) is 0 Å². The monoisotopic (exact) mass is 275 g/mol. The summed E-state index contributed by atoms with van der Waals surface area (Å²) in [7, 11) is 0. The molecule has 19 heavy (non-hydrogen) atoms. The van der Waals surface area contributed by atoms with Gasteiger partial charge < -0.3 is 5.32 Å². The summed E-state index contributed by atoms with van der Waals surface area (Å²) in [6.45, 7) is 5.52. The minimum atomic E-state index is 0.518. The van der Waals surface area contributed by atoms with Crippen LogP contribution in [0.3, 0.4) is 0 Å². The van der Waals surface area contributed by atoms with Crippen molar-refractivity contribution in [3.8, 4) is 0 Å². The predicted octanol–water partition coefficient (Wildman–Crippen LogP) is 5.52. The van der Waals surface area contributed by atoms with Crippen LogP contribution in [0.4, 0.5) is 0 Å². The molecule has 1 aromatic heterocycles. The van der Waals surface area contributed by atoms with Crippen LogP contribution in [0.15, 0.2) is 29.6 Å². The van der Waals surface area contributed by atoms with Gasteiger partial charge in [0.25, 0.3) is 0 Å². The SMILES string of the molecule is CCCCCCC(NCC)c1cccc2ccsc12. The van der Waals surface area contributed by atoms with Crippen LogP contribution >= 0.6 is 11.3 Å². The number of thiophene rings is 1. The Balaban J connectivity index is 2.11. The van der Waals surface area contributed by atoms with Crippen molar-refractivity contribution in [3.63, 3.8) is 0 Å². The zero-order chi connectivity index (χ0) is 13.5. The van der Waals surface area contributed by atoms with Crippen molar-refractivity contribution in [2.75, 3.05) is 6.54 Å². The molecule has 0 amide bonds. The van der Waals surface area contributed by atoms with Gasteiger partial charge in [-0.15, -0.1) is 11.3 Å². The van der Waals surface area contributed by atoms with Crippen molar-refractivity contribution in [2.45, 2.75) is 52.0 Å². The topological polar surface area (TPSA) is 12.0 Å². The summed E-state index contributed by atoms with van der Waals surface area (Å²) in [6.07, 6.45) is 6.62. The lowest BCUT2D eigenvalue weighted by Crippen LogP contribution is -2.20. The maximum absolute atomic E-state index is 3.66. The second-order valence-corrected chi connectivity index (χ2v) is 6.06. The smallest absolute Gasteiger partial charge is 0.0390 e. The van der Waals surface area contributed by atoms with Gasteiger partial charge in [-0.2, -0.15) is 0 Å². The van der Waals surface area contributed by atoms with Gasteiger partial charge in [0.2, 0.25) is 0 Å². The lowest BCUT2D eigenvalue weighted by molar-refractivity contribution is 0.484. The minimum Gasteiger partial charge on any atom is -0.310 e. The molecule has 1 aromatic carbocycles. The normalized spacial score (nSPS) is 12.9. The van der Waals surface area contributed by atoms with Crippen LogP contribution < -0.4 is 5.32 Å². The second kappa shape index (κ2) is 7.66. The van der Waals surface area contributed by atoms with Crippen LogP contribution in [0, 0.1) is 0 Å². The first-order valence-corrected chi connectivity index (χ1v) is 8.44. The highest BCUT2D eigenvalue weighted by molar-refractivity contribution is 7.17. The van der Waals surface area contributed by atoms with Gasteiger partial charge in [-0.3, -0.25) is 0 Å². The Morgan fingerprint density at radius 3 is 2.79 bits per heavy atom. The largest absolute Gasteiger partial charge is 0.310 e. The molecule has 0 fully saturated rings. The molecule has 2 heteroatoms. The minimum absolute atomic E-state index is 0.518. The molecule has 1 heterocycles. The molecule has 1 atom stereocenters. The molecule has 2 aromatic rings. The highest BCUT2D eigenvalue weighted by Gasteiger charge is 2.13. The fourth-order valence-corrected chi connectivity index (χ4v) is 3.65. The molecule has 0 bridgehead atoms. The van der Waals surface area contributed by atoms with Crippen LogP contribution in [0.1, 0.15) is 57.6 Å². The summed E-state index contributed by atoms with van der Waals surface area (Å²) in [4.78, 5) is 0. The number of rotatable bonds is 8. The van der Waals surface area contributed by atoms with Crippen molar-refractivity contribution in [1.29, 1.82) is 0 Å². The molecule has 0 aliphatic heterocycles. The number of benzene rings is 1. The first kappa shape index (κ1) is 14.5. The van der Waals surface area contributed by atoms with E-state index in [4.69, 9.17) is 0 Å². The Labute approximate surface area is 121 Å². The van der Waals surface area contributed by atoms with Crippen molar-refractivity contribution >= 4 is 21.4 Å². The van der Waals surface area contributed by atoms with Crippen LogP contribution in [-0.4, -0.2) is 6.54 Å². The molecule has 0 aliphatic rings. The first-order chi connectivity index (χ1) is 9.36. The molecule has 1 unspecified atom stereocenters. The number of hydrogen-bond donors (Lipinski definition) is 1. The zero-order valence-corrected chi connectivity index (χ0v) is 12.9. The maximum Gasteiger partial charge on any atom is 0.0390 e. The van der Waals surface area contributed by atoms with E-state index < -0.39 is 0 Å². The van der Waals surface area contributed by atoms with Gasteiger partial charge >= 0.3 is 0 Å². The van der Waals surface area contributed by atoms with E-state index in [1.807, 2.05) is 11.3 Å². The van der Waals surface area contributed by atoms with E-state index in [1.54, 1.807) is 0 Å². The summed E-state index contributed by atoms with van der Waals surface area (Å²) in [5.41, 5.74) is 1.49. The second-order valence-electron chi connectivity index (χ2n) is 5.15. The van der Waals surface area contributed by atoms with E-state index in [2.05, 4.69) is 48.8 Å². The summed E-state index contributed by atoms with van der Waals surface area (Å²) >= 11 is 1.87. The van der Waals surface area contributed by atoms with E-state index in [-0.39, 0.29) is 0 Å². The molecule has 0 spiro atoms. The number of unbranched alkanes of at least 4 members (excludes halogenated alkanes) is 3. The zero-order valence-electron chi connectivity index (χ0n) is 12.1. The van der Waals surface area contributed by atoms with Crippen molar-refractivity contribution < 1.29 is 0 Å². The van der Waals surface area contributed by atoms with E-state index in [0.29, 0.717) is 6.04 Å². The van der Waals surface area contributed by atoms with Crippen LogP contribution in [0.25, 0.3) is 10.1 Å². The Morgan fingerprint density at radius 1 is 1.11 bits per heavy atom. The number of fused-ring (bicyclic) bond motifs is 1.